The van der Waals surface area contributed by atoms with Crippen molar-refractivity contribution in [2.75, 3.05) is 13.7 Å². The number of carbonyl (C=O) groups excluding carboxylic acids is 2. The second kappa shape index (κ2) is 6.31. The monoisotopic (exact) mass is 267 g/mol. The molecule has 0 spiro atoms. The highest BCUT2D eigenvalue weighted by atomic mass is 19.1. The molecule has 1 N–H and O–H groups in total. The maximum absolute atomic E-state index is 12.7. The molecule has 0 radical (unpaired) electrons. The molecule has 4 nitrogen and oxygen atoms in total. The normalized spacial score (nSPS) is 10.9. The molecule has 1 amide bonds. The summed E-state index contributed by atoms with van der Waals surface area (Å²) < 4.78 is 17.3. The molecule has 0 aromatic heterocycles. The fourth-order valence-electron chi connectivity index (χ4n) is 1.54. The average Bonchev–Trinajstić information content (AvgIpc) is 2.39. The Morgan fingerprint density at radius 2 is 1.84 bits per heavy atom. The first-order valence-electron chi connectivity index (χ1n) is 5.99. The molecular formula is C14H18FNO3. The van der Waals surface area contributed by atoms with Crippen molar-refractivity contribution in [2.24, 2.45) is 5.41 Å². The molecule has 0 aliphatic carbocycles. The lowest BCUT2D eigenvalue weighted by atomic mass is 9.92. The molecule has 0 atom stereocenters. The van der Waals surface area contributed by atoms with Crippen molar-refractivity contribution in [2.45, 2.75) is 20.3 Å². The minimum absolute atomic E-state index is 0.292. The number of methoxy groups -OCH3 is 1. The summed E-state index contributed by atoms with van der Waals surface area (Å²) in [6.07, 6.45) is 0.573. The number of hydrogen-bond acceptors (Lipinski definition) is 3. The van der Waals surface area contributed by atoms with Gasteiger partial charge in [-0.3, -0.25) is 9.59 Å². The van der Waals surface area contributed by atoms with Crippen LogP contribution in [0.25, 0.3) is 0 Å². The zero-order valence-electron chi connectivity index (χ0n) is 11.3. The molecule has 1 aromatic rings. The van der Waals surface area contributed by atoms with Crippen molar-refractivity contribution in [3.63, 3.8) is 0 Å². The highest BCUT2D eigenvalue weighted by Crippen LogP contribution is 2.16. The van der Waals surface area contributed by atoms with Gasteiger partial charge in [-0.1, -0.05) is 12.1 Å². The lowest BCUT2D eigenvalue weighted by Crippen LogP contribution is -2.43. The van der Waals surface area contributed by atoms with Crippen molar-refractivity contribution in [3.8, 4) is 0 Å². The van der Waals surface area contributed by atoms with E-state index in [1.165, 1.54) is 33.1 Å². The highest BCUT2D eigenvalue weighted by molar-refractivity contribution is 6.01. The van der Waals surface area contributed by atoms with Crippen LogP contribution < -0.4 is 5.32 Å². The maximum Gasteiger partial charge on any atom is 0.320 e. The van der Waals surface area contributed by atoms with Crippen LogP contribution in [-0.4, -0.2) is 25.5 Å². The third-order valence-electron chi connectivity index (χ3n) is 2.88. The summed E-state index contributed by atoms with van der Waals surface area (Å²) in [7, 11) is 1.25. The first kappa shape index (κ1) is 15.1. The van der Waals surface area contributed by atoms with E-state index in [1.807, 2.05) is 0 Å². The molecule has 0 aliphatic rings. The van der Waals surface area contributed by atoms with Gasteiger partial charge in [-0.05, 0) is 38.0 Å². The van der Waals surface area contributed by atoms with Crippen molar-refractivity contribution in [1.82, 2.24) is 5.32 Å². The third-order valence-corrected chi connectivity index (χ3v) is 2.88. The molecule has 1 rings (SSSR count). The zero-order valence-corrected chi connectivity index (χ0v) is 11.3. The lowest BCUT2D eigenvalue weighted by molar-refractivity contribution is -0.156. The Hall–Kier alpha value is -1.91. The first-order chi connectivity index (χ1) is 8.87. The number of nitrogens with one attached hydrogen (secondary N) is 1. The van der Waals surface area contributed by atoms with E-state index in [-0.39, 0.29) is 11.7 Å². The average molecular weight is 267 g/mol. The van der Waals surface area contributed by atoms with Gasteiger partial charge < -0.3 is 10.1 Å². The number of carbonyl (C=O) groups is 2. The van der Waals surface area contributed by atoms with Crippen LogP contribution in [0.5, 0.6) is 0 Å². The van der Waals surface area contributed by atoms with Gasteiger partial charge in [-0.25, -0.2) is 4.39 Å². The van der Waals surface area contributed by atoms with Crippen LogP contribution in [-0.2, 0) is 20.7 Å². The van der Waals surface area contributed by atoms with Gasteiger partial charge >= 0.3 is 5.97 Å². The summed E-state index contributed by atoms with van der Waals surface area (Å²) in [6, 6.07) is 6.06. The fraction of sp³-hybridized carbons (Fsp3) is 0.429. The smallest absolute Gasteiger partial charge is 0.320 e. The molecule has 5 heteroatoms. The Kier molecular flexibility index (Phi) is 5.03. The van der Waals surface area contributed by atoms with Crippen LogP contribution in [0.3, 0.4) is 0 Å². The number of ether oxygens (including phenoxy) is 1. The van der Waals surface area contributed by atoms with Crippen molar-refractivity contribution in [1.29, 1.82) is 0 Å². The Balaban J connectivity index is 2.47. The largest absolute Gasteiger partial charge is 0.468 e. The van der Waals surface area contributed by atoms with Crippen LogP contribution in [0.2, 0.25) is 0 Å². The minimum Gasteiger partial charge on any atom is -0.468 e. The number of rotatable bonds is 5. The summed E-state index contributed by atoms with van der Waals surface area (Å²) in [5, 5.41) is 2.67. The summed E-state index contributed by atoms with van der Waals surface area (Å²) in [4.78, 5) is 23.3. The quantitative estimate of drug-likeness (QED) is 0.652. The summed E-state index contributed by atoms with van der Waals surface area (Å²) in [5.74, 6) is -1.26. The van der Waals surface area contributed by atoms with Crippen LogP contribution in [0, 0.1) is 11.2 Å². The number of benzene rings is 1. The molecule has 0 aliphatic heterocycles. The van der Waals surface area contributed by atoms with E-state index in [0.717, 1.165) is 5.56 Å². The molecule has 19 heavy (non-hydrogen) atoms. The standard InChI is InChI=1S/C14H18FNO3/c1-14(2,13(18)19-3)12(17)16-9-8-10-4-6-11(15)7-5-10/h4-7H,8-9H2,1-3H3,(H,16,17). The van der Waals surface area contributed by atoms with Gasteiger partial charge in [0, 0.05) is 6.54 Å². The SMILES string of the molecule is COC(=O)C(C)(C)C(=O)NCCc1ccc(F)cc1. The van der Waals surface area contributed by atoms with Crippen molar-refractivity contribution in [3.05, 3.63) is 35.6 Å². The third kappa shape index (κ3) is 4.05. The summed E-state index contributed by atoms with van der Waals surface area (Å²) >= 11 is 0. The van der Waals surface area contributed by atoms with E-state index in [9.17, 15) is 14.0 Å². The Bertz CT molecular complexity index is 454. The van der Waals surface area contributed by atoms with Crippen molar-refractivity contribution < 1.29 is 18.7 Å². The Morgan fingerprint density at radius 1 is 1.26 bits per heavy atom. The van der Waals surface area contributed by atoms with Gasteiger partial charge in [0.2, 0.25) is 5.91 Å². The molecule has 0 fully saturated rings. The number of esters is 1. The van der Waals surface area contributed by atoms with E-state index in [1.54, 1.807) is 12.1 Å². The molecule has 104 valence electrons. The zero-order chi connectivity index (χ0) is 14.5. The molecule has 0 bridgehead atoms. The van der Waals surface area contributed by atoms with E-state index in [4.69, 9.17) is 0 Å². The van der Waals surface area contributed by atoms with Gasteiger partial charge in [-0.15, -0.1) is 0 Å². The fourth-order valence-corrected chi connectivity index (χ4v) is 1.54. The van der Waals surface area contributed by atoms with E-state index < -0.39 is 11.4 Å². The molecular weight excluding hydrogens is 249 g/mol. The lowest BCUT2D eigenvalue weighted by Gasteiger charge is -2.20. The van der Waals surface area contributed by atoms with E-state index in [2.05, 4.69) is 10.1 Å². The molecule has 0 heterocycles. The van der Waals surface area contributed by atoms with Crippen LogP contribution in [0.4, 0.5) is 4.39 Å². The predicted octanol–water partition coefficient (Wildman–Crippen LogP) is 1.68. The second-order valence-corrected chi connectivity index (χ2v) is 4.75. The number of amides is 1. The van der Waals surface area contributed by atoms with Gasteiger partial charge in [-0.2, -0.15) is 0 Å². The second-order valence-electron chi connectivity index (χ2n) is 4.75. The van der Waals surface area contributed by atoms with Crippen LogP contribution >= 0.6 is 0 Å². The maximum atomic E-state index is 12.7. The topological polar surface area (TPSA) is 55.4 Å². The predicted molar refractivity (Wildman–Crippen MR) is 68.9 cm³/mol. The van der Waals surface area contributed by atoms with Gasteiger partial charge in [0.15, 0.2) is 0 Å². The van der Waals surface area contributed by atoms with E-state index >= 15 is 0 Å². The van der Waals surface area contributed by atoms with Gasteiger partial charge in [0.05, 0.1) is 7.11 Å². The van der Waals surface area contributed by atoms with Gasteiger partial charge in [0.1, 0.15) is 11.2 Å². The minimum atomic E-state index is -1.21. The number of hydrogen-bond donors (Lipinski definition) is 1. The van der Waals surface area contributed by atoms with Crippen LogP contribution in [0.15, 0.2) is 24.3 Å². The van der Waals surface area contributed by atoms with E-state index in [0.29, 0.717) is 13.0 Å². The Labute approximate surface area is 112 Å². The summed E-state index contributed by atoms with van der Waals surface area (Å²) in [5.41, 5.74) is -0.296. The molecule has 0 saturated carbocycles. The molecule has 0 unspecified atom stereocenters. The number of halogens is 1. The summed E-state index contributed by atoms with van der Waals surface area (Å²) in [6.45, 7) is 3.39. The Morgan fingerprint density at radius 3 is 2.37 bits per heavy atom. The molecule has 0 saturated heterocycles. The highest BCUT2D eigenvalue weighted by Gasteiger charge is 2.36. The first-order valence-corrected chi connectivity index (χ1v) is 5.99. The molecule has 1 aromatic carbocycles. The van der Waals surface area contributed by atoms with Crippen LogP contribution in [0.1, 0.15) is 19.4 Å². The van der Waals surface area contributed by atoms with Gasteiger partial charge in [0.25, 0.3) is 0 Å². The van der Waals surface area contributed by atoms with Crippen molar-refractivity contribution >= 4 is 11.9 Å².